The van der Waals surface area contributed by atoms with Crippen LogP contribution in [0.25, 0.3) is 0 Å². The molecule has 0 amide bonds. The summed E-state index contributed by atoms with van der Waals surface area (Å²) in [6.45, 7) is 10.0. The predicted molar refractivity (Wildman–Crippen MR) is 141 cm³/mol. The van der Waals surface area contributed by atoms with Crippen LogP contribution in [0.1, 0.15) is 64.4 Å². The number of phenolic OH excluding ortho intramolecular Hbond substituents is 1. The van der Waals surface area contributed by atoms with E-state index < -0.39 is 54.6 Å². The Morgan fingerprint density at radius 1 is 0.902 bits per heavy atom. The van der Waals surface area contributed by atoms with Crippen molar-refractivity contribution in [2.24, 2.45) is 0 Å². The first-order chi connectivity index (χ1) is 19.3. The lowest BCUT2D eigenvalue weighted by atomic mass is 9.98. The molecule has 2 aromatic rings. The molecule has 0 saturated carbocycles. The van der Waals surface area contributed by atoms with Crippen LogP contribution in [0, 0.1) is 6.92 Å². The van der Waals surface area contributed by atoms with Crippen LogP contribution < -0.4 is 4.74 Å². The number of carbonyl (C=O) groups excluding carboxylic acids is 4. The van der Waals surface area contributed by atoms with Crippen molar-refractivity contribution in [3.8, 4) is 11.6 Å². The van der Waals surface area contributed by atoms with E-state index in [0.29, 0.717) is 12.0 Å². The third-order valence-corrected chi connectivity index (χ3v) is 6.22. The number of carbonyl (C=O) groups is 4. The van der Waals surface area contributed by atoms with Crippen molar-refractivity contribution in [3.05, 3.63) is 41.1 Å². The normalized spacial score (nSPS) is 22.1. The van der Waals surface area contributed by atoms with Crippen LogP contribution in [0.5, 0.6) is 11.6 Å². The van der Waals surface area contributed by atoms with Gasteiger partial charge in [0.25, 0.3) is 0 Å². The molecule has 2 heterocycles. The quantitative estimate of drug-likeness (QED) is 0.325. The Balaban J connectivity index is 2.08. The Bertz CT molecular complexity index is 1250. The van der Waals surface area contributed by atoms with Crippen LogP contribution in [0.15, 0.2) is 24.3 Å². The van der Waals surface area contributed by atoms with Gasteiger partial charge >= 0.3 is 23.9 Å². The molecule has 224 valence electrons. The molecular weight excluding hydrogens is 540 g/mol. The average molecular weight is 577 g/mol. The largest absolute Gasteiger partial charge is 0.508 e. The zero-order valence-corrected chi connectivity index (χ0v) is 24.1. The van der Waals surface area contributed by atoms with Gasteiger partial charge in [0.15, 0.2) is 12.2 Å². The fourth-order valence-electron chi connectivity index (χ4n) is 4.54. The van der Waals surface area contributed by atoms with Gasteiger partial charge in [-0.15, -0.1) is 5.10 Å². The molecule has 5 atom stereocenters. The summed E-state index contributed by atoms with van der Waals surface area (Å²) in [6, 6.07) is 6.62. The first-order valence-electron chi connectivity index (χ1n) is 13.1. The van der Waals surface area contributed by atoms with Crippen molar-refractivity contribution >= 4 is 23.9 Å². The molecular formula is C28H36N2O11. The van der Waals surface area contributed by atoms with E-state index in [9.17, 15) is 24.3 Å². The molecule has 41 heavy (non-hydrogen) atoms. The van der Waals surface area contributed by atoms with Crippen molar-refractivity contribution in [1.82, 2.24) is 9.78 Å². The third kappa shape index (κ3) is 8.19. The summed E-state index contributed by atoms with van der Waals surface area (Å²) in [5.74, 6) is -2.56. The van der Waals surface area contributed by atoms with Gasteiger partial charge in [0.05, 0.1) is 0 Å². The molecule has 3 rings (SSSR count). The van der Waals surface area contributed by atoms with Gasteiger partial charge < -0.3 is 33.5 Å². The molecule has 1 aromatic carbocycles. The second-order valence-electron chi connectivity index (χ2n) is 9.94. The van der Waals surface area contributed by atoms with Gasteiger partial charge in [-0.05, 0) is 38.5 Å². The summed E-state index contributed by atoms with van der Waals surface area (Å²) in [5, 5.41) is 14.3. The number of aromatic nitrogens is 2. The van der Waals surface area contributed by atoms with Crippen molar-refractivity contribution < 1.29 is 52.7 Å². The minimum atomic E-state index is -1.41. The van der Waals surface area contributed by atoms with Gasteiger partial charge in [-0.25, -0.2) is 0 Å². The lowest BCUT2D eigenvalue weighted by Gasteiger charge is -2.43. The van der Waals surface area contributed by atoms with Gasteiger partial charge in [0, 0.05) is 51.4 Å². The molecule has 0 bridgehead atoms. The molecule has 1 aliphatic rings. The molecule has 13 heteroatoms. The van der Waals surface area contributed by atoms with Crippen LogP contribution in [0.2, 0.25) is 0 Å². The molecule has 1 aliphatic heterocycles. The Kier molecular flexibility index (Phi) is 10.3. The van der Waals surface area contributed by atoms with Crippen LogP contribution in [0.4, 0.5) is 0 Å². The van der Waals surface area contributed by atoms with Gasteiger partial charge in [0.2, 0.25) is 18.3 Å². The highest BCUT2D eigenvalue weighted by Gasteiger charge is 2.53. The molecule has 1 aromatic heterocycles. The topological polar surface area (TPSA) is 162 Å². The first kappa shape index (κ1) is 31.4. The van der Waals surface area contributed by atoms with Crippen molar-refractivity contribution in [2.75, 3.05) is 6.61 Å². The summed E-state index contributed by atoms with van der Waals surface area (Å²) < 4.78 is 35.6. The van der Waals surface area contributed by atoms with E-state index in [2.05, 4.69) is 5.10 Å². The molecule has 0 aliphatic carbocycles. The fourth-order valence-corrected chi connectivity index (χ4v) is 4.54. The number of nitrogens with zero attached hydrogens (tertiary/aromatic N) is 2. The minimum Gasteiger partial charge on any atom is -0.508 e. The van der Waals surface area contributed by atoms with Crippen molar-refractivity contribution in [1.29, 1.82) is 0 Å². The van der Waals surface area contributed by atoms with E-state index in [1.54, 1.807) is 28.9 Å². The highest BCUT2D eigenvalue weighted by molar-refractivity contribution is 5.68. The number of benzene rings is 1. The van der Waals surface area contributed by atoms with Gasteiger partial charge in [-0.2, -0.15) is 0 Å². The highest BCUT2D eigenvalue weighted by Crippen LogP contribution is 2.34. The molecule has 0 spiro atoms. The number of rotatable bonds is 10. The lowest BCUT2D eigenvalue weighted by molar-refractivity contribution is -0.289. The summed E-state index contributed by atoms with van der Waals surface area (Å²) in [5.41, 5.74) is 2.35. The molecule has 13 nitrogen and oxygen atoms in total. The minimum absolute atomic E-state index is 0.0404. The Hall–Kier alpha value is -4.13. The van der Waals surface area contributed by atoms with Crippen LogP contribution in [0.3, 0.4) is 0 Å². The summed E-state index contributed by atoms with van der Waals surface area (Å²) in [6.07, 6.45) is -6.25. The number of hydrogen-bond acceptors (Lipinski definition) is 12. The highest BCUT2D eigenvalue weighted by atomic mass is 16.7. The standard InChI is InChI=1S/C28H36N2O11/c1-14(2)30-15(3)22(12-20-8-10-21(35)11-9-20)27(29-30)41-28-26(39-19(7)34)25(38-18(6)33)24(37-17(5)32)23(40-28)13-36-16(4)31/h8-11,14,23-26,28,35H,12-13H2,1-7H3/t23-,24-,25+,26-,28+/m1/s1. The van der Waals surface area contributed by atoms with E-state index in [-0.39, 0.29) is 24.3 Å². The van der Waals surface area contributed by atoms with E-state index >= 15 is 0 Å². The fraction of sp³-hybridized carbons (Fsp3) is 0.536. The Morgan fingerprint density at radius 2 is 1.46 bits per heavy atom. The number of esters is 4. The van der Waals surface area contributed by atoms with Gasteiger partial charge in [0.1, 0.15) is 18.5 Å². The Labute approximate surface area is 237 Å². The molecule has 1 fully saturated rings. The third-order valence-electron chi connectivity index (χ3n) is 6.22. The van der Waals surface area contributed by atoms with Crippen LogP contribution in [-0.2, 0) is 49.3 Å². The Morgan fingerprint density at radius 3 is 2.00 bits per heavy atom. The number of ether oxygens (including phenoxy) is 6. The van der Waals surface area contributed by atoms with E-state index in [4.69, 9.17) is 28.4 Å². The lowest BCUT2D eigenvalue weighted by Crippen LogP contribution is -2.63. The molecule has 1 saturated heterocycles. The second kappa shape index (κ2) is 13.5. The second-order valence-corrected chi connectivity index (χ2v) is 9.94. The first-order valence-corrected chi connectivity index (χ1v) is 13.1. The maximum atomic E-state index is 12.2. The summed E-state index contributed by atoms with van der Waals surface area (Å²) >= 11 is 0. The number of phenols is 1. The van der Waals surface area contributed by atoms with Gasteiger partial charge in [-0.3, -0.25) is 23.9 Å². The van der Waals surface area contributed by atoms with E-state index in [1.165, 1.54) is 6.92 Å². The van der Waals surface area contributed by atoms with E-state index in [1.807, 2.05) is 20.8 Å². The summed E-state index contributed by atoms with van der Waals surface area (Å²) in [4.78, 5) is 47.9. The average Bonchev–Trinajstić information content (AvgIpc) is 3.17. The van der Waals surface area contributed by atoms with Crippen LogP contribution >= 0.6 is 0 Å². The van der Waals surface area contributed by atoms with Gasteiger partial charge in [-0.1, -0.05) is 12.1 Å². The van der Waals surface area contributed by atoms with E-state index in [0.717, 1.165) is 32.0 Å². The number of hydrogen-bond donors (Lipinski definition) is 1. The SMILES string of the molecule is CC(=O)OC[C@H]1O[C@@H](Oc2nn(C(C)C)c(C)c2Cc2ccc(O)cc2)[C@H](OC(C)=O)[C@@H](OC(C)=O)[C@@H]1OC(C)=O. The molecule has 0 unspecified atom stereocenters. The molecule has 0 radical (unpaired) electrons. The zero-order chi connectivity index (χ0) is 30.4. The number of aromatic hydroxyl groups is 1. The van der Waals surface area contributed by atoms with Crippen molar-refractivity contribution in [3.63, 3.8) is 0 Å². The van der Waals surface area contributed by atoms with Crippen molar-refractivity contribution in [2.45, 2.75) is 91.6 Å². The maximum absolute atomic E-state index is 12.2. The zero-order valence-electron chi connectivity index (χ0n) is 24.1. The smallest absolute Gasteiger partial charge is 0.303 e. The summed E-state index contributed by atoms with van der Waals surface area (Å²) in [7, 11) is 0. The predicted octanol–water partition coefficient (Wildman–Crippen LogP) is 2.53. The molecule has 1 N–H and O–H groups in total. The monoisotopic (exact) mass is 576 g/mol. The van der Waals surface area contributed by atoms with Crippen LogP contribution in [-0.4, -0.2) is 76.1 Å². The maximum Gasteiger partial charge on any atom is 0.303 e.